The molecule has 34 heavy (non-hydrogen) atoms. The Bertz CT molecular complexity index is 1440. The highest BCUT2D eigenvalue weighted by atomic mass is 32.2. The fourth-order valence-electron chi connectivity index (χ4n) is 4.36. The molecule has 1 aliphatic rings. The third-order valence-corrected chi connectivity index (χ3v) is 7.78. The molecular weight excluding hydrogens is 452 g/mol. The zero-order chi connectivity index (χ0) is 23.7. The molecule has 3 aromatic heterocycles. The quantitative estimate of drug-likeness (QED) is 0.378. The van der Waals surface area contributed by atoms with Gasteiger partial charge in [-0.05, 0) is 24.6 Å². The monoisotopic (exact) mass is 476 g/mol. The fraction of sp³-hybridized carbons (Fsp3) is 0.240. The van der Waals surface area contributed by atoms with E-state index in [4.69, 9.17) is 9.40 Å². The van der Waals surface area contributed by atoms with Crippen LogP contribution in [0.25, 0.3) is 22.3 Å². The number of amides is 1. The normalized spacial score (nSPS) is 17.1. The van der Waals surface area contributed by atoms with Gasteiger partial charge >= 0.3 is 0 Å². The first-order chi connectivity index (χ1) is 16.4. The maximum Gasteiger partial charge on any atom is 0.255 e. The summed E-state index contributed by atoms with van der Waals surface area (Å²) in [5.41, 5.74) is 2.48. The van der Waals surface area contributed by atoms with E-state index < -0.39 is 15.9 Å². The van der Waals surface area contributed by atoms with Gasteiger partial charge in [0, 0.05) is 18.2 Å². The lowest BCUT2D eigenvalue weighted by Gasteiger charge is -2.27. The summed E-state index contributed by atoms with van der Waals surface area (Å²) in [6.45, 7) is 4.40. The van der Waals surface area contributed by atoms with Crippen LogP contribution in [0.4, 0.5) is 0 Å². The molecule has 174 valence electrons. The highest BCUT2D eigenvalue weighted by molar-refractivity contribution is 7.91. The van der Waals surface area contributed by atoms with E-state index in [0.717, 1.165) is 5.56 Å². The molecule has 0 bridgehead atoms. The lowest BCUT2D eigenvalue weighted by Crippen LogP contribution is -2.41. The first-order valence-electron chi connectivity index (χ1n) is 11.0. The summed E-state index contributed by atoms with van der Waals surface area (Å²) < 4.78 is 31.4. The van der Waals surface area contributed by atoms with Crippen LogP contribution in [0, 0.1) is 0 Å². The van der Waals surface area contributed by atoms with Crippen molar-refractivity contribution >= 4 is 26.8 Å². The summed E-state index contributed by atoms with van der Waals surface area (Å²) >= 11 is 0. The van der Waals surface area contributed by atoms with E-state index in [-0.39, 0.29) is 24.0 Å². The average Bonchev–Trinajstić information content (AvgIpc) is 3.58. The number of benzene rings is 1. The molecule has 0 radical (unpaired) electrons. The number of rotatable bonds is 7. The summed E-state index contributed by atoms with van der Waals surface area (Å²) in [6, 6.07) is 14.6. The molecule has 8 nitrogen and oxygen atoms in total. The van der Waals surface area contributed by atoms with Crippen LogP contribution in [0.5, 0.6) is 0 Å². The zero-order valence-electron chi connectivity index (χ0n) is 18.5. The Hall–Kier alpha value is -3.72. The SMILES string of the molecule is C=CCN(C(=O)c1cc(-c2ccccc2)nc2c1cnn2Cc1ccco1)C1CCS(=O)(=O)C1. The van der Waals surface area contributed by atoms with Crippen molar-refractivity contribution in [2.24, 2.45) is 0 Å². The largest absolute Gasteiger partial charge is 0.467 e. The highest BCUT2D eigenvalue weighted by Gasteiger charge is 2.35. The summed E-state index contributed by atoms with van der Waals surface area (Å²) in [5.74, 6) is 0.503. The third-order valence-electron chi connectivity index (χ3n) is 6.03. The van der Waals surface area contributed by atoms with Gasteiger partial charge in [-0.3, -0.25) is 4.79 Å². The molecule has 4 aromatic rings. The first kappa shape index (κ1) is 22.1. The predicted molar refractivity (Wildman–Crippen MR) is 129 cm³/mol. The molecule has 1 aliphatic heterocycles. The van der Waals surface area contributed by atoms with Gasteiger partial charge in [-0.2, -0.15) is 5.10 Å². The second-order valence-corrected chi connectivity index (χ2v) is 10.6. The number of fused-ring (bicyclic) bond motifs is 1. The molecule has 9 heteroatoms. The van der Waals surface area contributed by atoms with Crippen molar-refractivity contribution < 1.29 is 17.6 Å². The van der Waals surface area contributed by atoms with Gasteiger partial charge in [0.2, 0.25) is 0 Å². The van der Waals surface area contributed by atoms with E-state index in [9.17, 15) is 13.2 Å². The lowest BCUT2D eigenvalue weighted by atomic mass is 10.0. The number of nitrogens with zero attached hydrogens (tertiary/aromatic N) is 4. The molecule has 1 atom stereocenters. The second kappa shape index (κ2) is 8.90. The molecule has 1 aromatic carbocycles. The van der Waals surface area contributed by atoms with Crippen LogP contribution < -0.4 is 0 Å². The molecule has 5 rings (SSSR count). The van der Waals surface area contributed by atoms with E-state index in [1.54, 1.807) is 34.2 Å². The summed E-state index contributed by atoms with van der Waals surface area (Å²) in [4.78, 5) is 20.3. The Morgan fingerprint density at radius 1 is 1.24 bits per heavy atom. The number of sulfone groups is 1. The molecule has 1 fully saturated rings. The Labute approximate surface area is 197 Å². The van der Waals surface area contributed by atoms with Gasteiger partial charge in [-0.1, -0.05) is 36.4 Å². The van der Waals surface area contributed by atoms with Crippen molar-refractivity contribution in [2.75, 3.05) is 18.1 Å². The molecule has 4 heterocycles. The molecule has 1 saturated heterocycles. The minimum atomic E-state index is -3.16. The summed E-state index contributed by atoms with van der Waals surface area (Å²) in [6.07, 6.45) is 5.27. The van der Waals surface area contributed by atoms with Crippen LogP contribution in [-0.2, 0) is 16.4 Å². The number of carbonyl (C=O) groups is 1. The van der Waals surface area contributed by atoms with Gasteiger partial charge in [0.25, 0.3) is 5.91 Å². The van der Waals surface area contributed by atoms with E-state index in [1.807, 2.05) is 42.5 Å². The average molecular weight is 477 g/mol. The van der Waals surface area contributed by atoms with Crippen molar-refractivity contribution in [3.63, 3.8) is 0 Å². The zero-order valence-corrected chi connectivity index (χ0v) is 19.3. The van der Waals surface area contributed by atoms with Gasteiger partial charge in [-0.25, -0.2) is 18.1 Å². The van der Waals surface area contributed by atoms with E-state index in [2.05, 4.69) is 11.7 Å². The summed E-state index contributed by atoms with van der Waals surface area (Å²) in [5, 5.41) is 5.08. The van der Waals surface area contributed by atoms with Crippen LogP contribution in [0.3, 0.4) is 0 Å². The Balaban J connectivity index is 1.63. The number of carbonyl (C=O) groups excluding carboxylic acids is 1. The number of pyridine rings is 1. The minimum absolute atomic E-state index is 0.0376. The van der Waals surface area contributed by atoms with E-state index in [1.165, 1.54) is 0 Å². The standard InChI is InChI=1S/C25H24N4O4S/c1-2-11-28(19-10-13-34(31,32)17-19)25(30)21-14-23(18-7-4-3-5-8-18)27-24-22(21)15-26-29(24)16-20-9-6-12-33-20/h2-9,12,14-15,19H,1,10-11,13,16-17H2. The number of hydrogen-bond donors (Lipinski definition) is 0. The summed E-state index contributed by atoms with van der Waals surface area (Å²) in [7, 11) is -3.16. The minimum Gasteiger partial charge on any atom is -0.467 e. The van der Waals surface area contributed by atoms with Crippen LogP contribution in [0.15, 0.2) is 78.1 Å². The first-order valence-corrected chi connectivity index (χ1v) is 12.8. The van der Waals surface area contributed by atoms with Gasteiger partial charge < -0.3 is 9.32 Å². The predicted octanol–water partition coefficient (Wildman–Crippen LogP) is 3.55. The molecule has 0 aliphatic carbocycles. The second-order valence-electron chi connectivity index (χ2n) is 8.34. The molecule has 1 unspecified atom stereocenters. The van der Waals surface area contributed by atoms with E-state index >= 15 is 0 Å². The van der Waals surface area contributed by atoms with Gasteiger partial charge in [0.05, 0.1) is 40.6 Å². The van der Waals surface area contributed by atoms with Crippen molar-refractivity contribution in [1.82, 2.24) is 19.7 Å². The maximum atomic E-state index is 13.9. The van der Waals surface area contributed by atoms with Gasteiger partial charge in [-0.15, -0.1) is 6.58 Å². The highest BCUT2D eigenvalue weighted by Crippen LogP contribution is 2.28. The molecule has 1 amide bonds. The Morgan fingerprint density at radius 2 is 2.06 bits per heavy atom. The molecular formula is C25H24N4O4S. The van der Waals surface area contributed by atoms with Crippen LogP contribution in [0.2, 0.25) is 0 Å². The number of hydrogen-bond acceptors (Lipinski definition) is 6. The number of furan rings is 1. The van der Waals surface area contributed by atoms with Crippen LogP contribution in [-0.4, -0.2) is 58.1 Å². The van der Waals surface area contributed by atoms with Crippen LogP contribution >= 0.6 is 0 Å². The van der Waals surface area contributed by atoms with Gasteiger partial charge in [0.15, 0.2) is 15.5 Å². The van der Waals surface area contributed by atoms with Crippen LogP contribution in [0.1, 0.15) is 22.5 Å². The van der Waals surface area contributed by atoms with Crippen molar-refractivity contribution in [2.45, 2.75) is 19.0 Å². The third kappa shape index (κ3) is 4.26. The smallest absolute Gasteiger partial charge is 0.255 e. The Kier molecular flexibility index (Phi) is 5.79. The van der Waals surface area contributed by atoms with Crippen molar-refractivity contribution in [3.8, 4) is 11.3 Å². The van der Waals surface area contributed by atoms with Crippen molar-refractivity contribution in [1.29, 1.82) is 0 Å². The van der Waals surface area contributed by atoms with Crippen molar-refractivity contribution in [3.05, 3.63) is 85.0 Å². The molecule has 0 spiro atoms. The lowest BCUT2D eigenvalue weighted by molar-refractivity contribution is 0.0722. The fourth-order valence-corrected chi connectivity index (χ4v) is 6.09. The molecule has 0 saturated carbocycles. The maximum absolute atomic E-state index is 13.9. The Morgan fingerprint density at radius 3 is 2.74 bits per heavy atom. The van der Waals surface area contributed by atoms with Gasteiger partial charge in [0.1, 0.15) is 12.3 Å². The number of aromatic nitrogens is 3. The van der Waals surface area contributed by atoms with E-state index in [0.29, 0.717) is 41.0 Å². The molecule has 0 N–H and O–H groups in total. The topological polar surface area (TPSA) is 98.3 Å².